The number of hydrogen-bond acceptors (Lipinski definition) is 7. The molecule has 0 fully saturated rings. The van der Waals surface area contributed by atoms with E-state index in [0.29, 0.717) is 3.79 Å². The van der Waals surface area contributed by atoms with Gasteiger partial charge in [-0.25, -0.2) is 13.2 Å². The molecule has 0 atom stereocenters. The molecule has 7 nitrogen and oxygen atoms in total. The lowest BCUT2D eigenvalue weighted by Gasteiger charge is -2.15. The molecule has 0 radical (unpaired) electrons. The second kappa shape index (κ2) is 7.41. The van der Waals surface area contributed by atoms with Crippen LogP contribution in [0.25, 0.3) is 0 Å². The molecule has 2 aromatic rings. The van der Waals surface area contributed by atoms with Crippen LogP contribution in [0.2, 0.25) is 0 Å². The number of methoxy groups -OCH3 is 3. The van der Waals surface area contributed by atoms with Gasteiger partial charge in [-0.05, 0) is 28.1 Å². The molecule has 0 saturated carbocycles. The van der Waals surface area contributed by atoms with Crippen LogP contribution < -0.4 is 14.2 Å². The van der Waals surface area contributed by atoms with E-state index < -0.39 is 16.0 Å². The first kappa shape index (κ1) is 18.6. The average molecular weight is 436 g/mol. The number of halogens is 1. The van der Waals surface area contributed by atoms with Crippen molar-refractivity contribution in [2.24, 2.45) is 0 Å². The molecule has 0 saturated heterocycles. The number of ether oxygens (including phenoxy) is 3. The Kier molecular flexibility index (Phi) is 5.73. The third-order valence-electron chi connectivity index (χ3n) is 2.99. The number of rotatable bonds is 6. The minimum atomic E-state index is -3.87. The number of carbonyl (C=O) groups is 1. The van der Waals surface area contributed by atoms with Crippen LogP contribution in [0.3, 0.4) is 0 Å². The maximum Gasteiger partial charge on any atom is 0.340 e. The molecule has 1 aromatic carbocycles. The second-order valence-electron chi connectivity index (χ2n) is 4.41. The van der Waals surface area contributed by atoms with Crippen LogP contribution in [0.5, 0.6) is 11.5 Å². The number of carbonyl (C=O) groups excluding carboxylic acids is 1. The number of hydrogen-bond donors (Lipinski definition) is 1. The Labute approximate surface area is 151 Å². The van der Waals surface area contributed by atoms with Crippen LogP contribution in [-0.2, 0) is 14.8 Å². The average Bonchev–Trinajstić information content (AvgIpc) is 3.00. The van der Waals surface area contributed by atoms with E-state index >= 15 is 0 Å². The lowest BCUT2D eigenvalue weighted by molar-refractivity contribution is 0.0601. The van der Waals surface area contributed by atoms with Crippen LogP contribution in [0.15, 0.2) is 32.3 Å². The minimum absolute atomic E-state index is 0.00865. The second-order valence-corrected chi connectivity index (χ2v) is 8.78. The summed E-state index contributed by atoms with van der Waals surface area (Å²) in [6.07, 6.45) is 0. The molecule has 0 amide bonds. The number of benzene rings is 1. The normalized spacial score (nSPS) is 11.0. The van der Waals surface area contributed by atoms with E-state index in [1.807, 2.05) is 0 Å². The zero-order valence-electron chi connectivity index (χ0n) is 13.0. The Bertz CT molecular complexity index is 862. The molecule has 1 N–H and O–H groups in total. The molecule has 0 aliphatic rings. The van der Waals surface area contributed by atoms with E-state index in [9.17, 15) is 13.2 Å². The topological polar surface area (TPSA) is 90.9 Å². The van der Waals surface area contributed by atoms with Gasteiger partial charge in [0.15, 0.2) is 11.5 Å². The van der Waals surface area contributed by atoms with Crippen molar-refractivity contribution in [3.63, 3.8) is 0 Å². The van der Waals surface area contributed by atoms with Gasteiger partial charge >= 0.3 is 5.97 Å². The molecule has 0 bridgehead atoms. The van der Waals surface area contributed by atoms with E-state index in [1.54, 1.807) is 6.07 Å². The highest BCUT2D eigenvalue weighted by Crippen LogP contribution is 2.35. The van der Waals surface area contributed by atoms with Gasteiger partial charge in [0.1, 0.15) is 4.21 Å². The highest BCUT2D eigenvalue weighted by molar-refractivity contribution is 9.11. The summed E-state index contributed by atoms with van der Waals surface area (Å²) in [5.74, 6) is -0.157. The van der Waals surface area contributed by atoms with Gasteiger partial charge in [-0.1, -0.05) is 0 Å². The molecule has 130 valence electrons. The van der Waals surface area contributed by atoms with Crippen LogP contribution in [0.4, 0.5) is 5.69 Å². The van der Waals surface area contributed by atoms with Crippen molar-refractivity contribution >= 4 is 48.9 Å². The Morgan fingerprint density at radius 2 is 1.75 bits per heavy atom. The number of anilines is 1. The molecule has 1 aromatic heterocycles. The van der Waals surface area contributed by atoms with Crippen LogP contribution in [0, 0.1) is 0 Å². The number of sulfonamides is 1. The summed E-state index contributed by atoms with van der Waals surface area (Å²) < 4.78 is 43.1. The van der Waals surface area contributed by atoms with Crippen LogP contribution >= 0.6 is 27.3 Å². The summed E-state index contributed by atoms with van der Waals surface area (Å²) in [4.78, 5) is 12.0. The van der Waals surface area contributed by atoms with Gasteiger partial charge in [-0.15, -0.1) is 11.3 Å². The Morgan fingerprint density at radius 1 is 1.12 bits per heavy atom. The van der Waals surface area contributed by atoms with Gasteiger partial charge in [0.25, 0.3) is 10.0 Å². The van der Waals surface area contributed by atoms with Gasteiger partial charge in [0.05, 0.1) is 36.4 Å². The fourth-order valence-corrected chi connectivity index (χ4v) is 4.96. The van der Waals surface area contributed by atoms with Crippen molar-refractivity contribution in [2.75, 3.05) is 26.1 Å². The first-order chi connectivity index (χ1) is 11.3. The van der Waals surface area contributed by atoms with Crippen molar-refractivity contribution in [1.29, 1.82) is 0 Å². The van der Waals surface area contributed by atoms with E-state index in [-0.39, 0.29) is 27.0 Å². The molecule has 1 heterocycles. The van der Waals surface area contributed by atoms with E-state index in [1.165, 1.54) is 39.5 Å². The molecular formula is C14H14BrNO6S2. The van der Waals surface area contributed by atoms with Crippen molar-refractivity contribution in [2.45, 2.75) is 4.21 Å². The first-order valence-corrected chi connectivity index (χ1v) is 9.54. The van der Waals surface area contributed by atoms with Crippen molar-refractivity contribution in [1.82, 2.24) is 0 Å². The number of esters is 1. The summed E-state index contributed by atoms with van der Waals surface area (Å²) in [7, 11) is 0.151. The molecule has 10 heteroatoms. The largest absolute Gasteiger partial charge is 0.493 e. The van der Waals surface area contributed by atoms with E-state index in [0.717, 1.165) is 11.3 Å². The zero-order valence-corrected chi connectivity index (χ0v) is 16.2. The molecule has 2 rings (SSSR count). The first-order valence-electron chi connectivity index (χ1n) is 6.45. The fourth-order valence-electron chi connectivity index (χ4n) is 1.88. The predicted octanol–water partition coefficient (Wildman–Crippen LogP) is 3.12. The quantitative estimate of drug-likeness (QED) is 0.700. The minimum Gasteiger partial charge on any atom is -0.493 e. The predicted molar refractivity (Wildman–Crippen MR) is 93.7 cm³/mol. The summed E-state index contributed by atoms with van der Waals surface area (Å²) in [6, 6.07) is 5.79. The monoisotopic (exact) mass is 435 g/mol. The molecule has 0 spiro atoms. The lowest BCUT2D eigenvalue weighted by Crippen LogP contribution is -2.15. The van der Waals surface area contributed by atoms with Gasteiger partial charge in [0, 0.05) is 12.1 Å². The van der Waals surface area contributed by atoms with Gasteiger partial charge in [-0.2, -0.15) is 0 Å². The van der Waals surface area contributed by atoms with Crippen LogP contribution in [-0.4, -0.2) is 35.7 Å². The standard InChI is InChI=1S/C14H14BrNO6S2/c1-20-10-6-8(14(17)22-3)9(7-11(10)21-2)16-24(18,19)13-5-4-12(15)23-13/h4-7,16H,1-3H3. The number of thiophene rings is 1. The van der Waals surface area contributed by atoms with Crippen LogP contribution in [0.1, 0.15) is 10.4 Å². The molecule has 0 unspecified atom stereocenters. The van der Waals surface area contributed by atoms with Gasteiger partial charge in [-0.3, -0.25) is 4.72 Å². The molecule has 0 aliphatic heterocycles. The maximum absolute atomic E-state index is 12.5. The fraction of sp³-hybridized carbons (Fsp3) is 0.214. The molecule has 0 aliphatic carbocycles. The smallest absolute Gasteiger partial charge is 0.340 e. The Morgan fingerprint density at radius 3 is 2.25 bits per heavy atom. The highest BCUT2D eigenvalue weighted by Gasteiger charge is 2.23. The number of nitrogens with one attached hydrogen (secondary N) is 1. The summed E-state index contributed by atoms with van der Waals surface area (Å²) >= 11 is 4.26. The Hall–Kier alpha value is -1.78. The SMILES string of the molecule is COC(=O)c1cc(OC)c(OC)cc1NS(=O)(=O)c1ccc(Br)s1. The Balaban J connectivity index is 2.53. The van der Waals surface area contributed by atoms with E-state index in [2.05, 4.69) is 20.7 Å². The van der Waals surface area contributed by atoms with Crippen molar-refractivity contribution in [3.8, 4) is 11.5 Å². The van der Waals surface area contributed by atoms with Gasteiger partial charge < -0.3 is 14.2 Å². The third kappa shape index (κ3) is 3.82. The highest BCUT2D eigenvalue weighted by atomic mass is 79.9. The van der Waals surface area contributed by atoms with Crippen molar-refractivity contribution in [3.05, 3.63) is 33.6 Å². The summed E-state index contributed by atoms with van der Waals surface area (Å²) in [6.45, 7) is 0. The lowest BCUT2D eigenvalue weighted by atomic mass is 10.1. The maximum atomic E-state index is 12.5. The molecule has 24 heavy (non-hydrogen) atoms. The zero-order chi connectivity index (χ0) is 17.9. The van der Waals surface area contributed by atoms with E-state index in [4.69, 9.17) is 14.2 Å². The van der Waals surface area contributed by atoms with Crippen molar-refractivity contribution < 1.29 is 27.4 Å². The van der Waals surface area contributed by atoms with Gasteiger partial charge in [0.2, 0.25) is 0 Å². The molecular weight excluding hydrogens is 422 g/mol. The summed E-state index contributed by atoms with van der Waals surface area (Å²) in [5.41, 5.74) is 0.0402. The summed E-state index contributed by atoms with van der Waals surface area (Å²) in [5, 5.41) is 0. The third-order valence-corrected chi connectivity index (χ3v) is 6.47.